The molecule has 0 aliphatic carbocycles. The molecule has 3 nitrogen and oxygen atoms in total. The van der Waals surface area contributed by atoms with Crippen LogP contribution < -0.4 is 0 Å². The van der Waals surface area contributed by atoms with Crippen LogP contribution in [0.5, 0.6) is 0 Å². The average Bonchev–Trinajstić information content (AvgIpc) is 2.44. The summed E-state index contributed by atoms with van der Waals surface area (Å²) in [6.07, 6.45) is 4.69. The minimum atomic E-state index is -0.411. The molecule has 1 aromatic carbocycles. The molecule has 2 rings (SSSR count). The molecule has 0 aliphatic heterocycles. The average molecular weight is 274 g/mol. The largest absolute Gasteiger partial charge is 0.456 e. The van der Waals surface area contributed by atoms with Crippen LogP contribution in [-0.4, -0.2) is 11.0 Å². The summed E-state index contributed by atoms with van der Waals surface area (Å²) < 4.78 is 5.06. The van der Waals surface area contributed by atoms with Gasteiger partial charge in [-0.25, -0.2) is 4.79 Å². The molecule has 0 N–H and O–H groups in total. The van der Waals surface area contributed by atoms with Gasteiger partial charge in [0.2, 0.25) is 0 Å². The van der Waals surface area contributed by atoms with Crippen molar-refractivity contribution in [1.29, 1.82) is 0 Å². The van der Waals surface area contributed by atoms with E-state index in [4.69, 9.17) is 16.3 Å². The zero-order chi connectivity index (χ0) is 13.5. The Hall–Kier alpha value is -2.13. The maximum atomic E-state index is 11.5. The minimum Gasteiger partial charge on any atom is -0.456 e. The van der Waals surface area contributed by atoms with Gasteiger partial charge in [-0.3, -0.25) is 4.98 Å². The van der Waals surface area contributed by atoms with Gasteiger partial charge in [0.05, 0.1) is 5.69 Å². The number of carbonyl (C=O) groups excluding carboxylic acids is 1. The lowest BCUT2D eigenvalue weighted by molar-refractivity contribution is -0.139. The van der Waals surface area contributed by atoms with Gasteiger partial charge < -0.3 is 4.74 Å². The lowest BCUT2D eigenvalue weighted by atomic mass is 10.2. The Morgan fingerprint density at radius 2 is 2.16 bits per heavy atom. The van der Waals surface area contributed by atoms with Crippen LogP contribution in [0.2, 0.25) is 5.02 Å². The van der Waals surface area contributed by atoms with Crippen LogP contribution >= 0.6 is 11.6 Å². The maximum absolute atomic E-state index is 11.5. The molecule has 0 saturated carbocycles. The second-order valence-corrected chi connectivity index (χ2v) is 4.25. The summed E-state index contributed by atoms with van der Waals surface area (Å²) in [5, 5.41) is 0.629. The van der Waals surface area contributed by atoms with Gasteiger partial charge in [-0.05, 0) is 35.9 Å². The Morgan fingerprint density at radius 1 is 1.26 bits per heavy atom. The van der Waals surface area contributed by atoms with E-state index in [0.717, 1.165) is 5.56 Å². The summed E-state index contributed by atoms with van der Waals surface area (Å²) in [7, 11) is 0. The summed E-state index contributed by atoms with van der Waals surface area (Å²) in [5.41, 5.74) is 1.56. The Morgan fingerprint density at radius 3 is 2.89 bits per heavy atom. The molecule has 0 unspecified atom stereocenters. The lowest BCUT2D eigenvalue weighted by Crippen LogP contribution is -2.01. The van der Waals surface area contributed by atoms with E-state index in [9.17, 15) is 4.79 Å². The van der Waals surface area contributed by atoms with E-state index >= 15 is 0 Å². The number of hydrogen-bond acceptors (Lipinski definition) is 3. The molecular formula is C15H12ClNO2. The first-order valence-electron chi connectivity index (χ1n) is 5.74. The van der Waals surface area contributed by atoms with Crippen molar-refractivity contribution in [3.8, 4) is 0 Å². The molecule has 0 atom stereocenters. The highest BCUT2D eigenvalue weighted by Crippen LogP contribution is 2.11. The van der Waals surface area contributed by atoms with E-state index in [2.05, 4.69) is 4.98 Å². The molecule has 4 heteroatoms. The Kier molecular flexibility index (Phi) is 4.70. The second-order valence-electron chi connectivity index (χ2n) is 3.82. The van der Waals surface area contributed by atoms with Crippen molar-refractivity contribution >= 4 is 23.6 Å². The van der Waals surface area contributed by atoms with Crippen molar-refractivity contribution < 1.29 is 9.53 Å². The molecule has 2 aromatic rings. The number of esters is 1. The quantitative estimate of drug-likeness (QED) is 0.632. The van der Waals surface area contributed by atoms with Crippen LogP contribution in [0, 0.1) is 0 Å². The van der Waals surface area contributed by atoms with Gasteiger partial charge in [0.25, 0.3) is 0 Å². The van der Waals surface area contributed by atoms with Crippen LogP contribution in [0.3, 0.4) is 0 Å². The van der Waals surface area contributed by atoms with Gasteiger partial charge in [-0.2, -0.15) is 0 Å². The second kappa shape index (κ2) is 6.71. The van der Waals surface area contributed by atoms with E-state index in [-0.39, 0.29) is 6.61 Å². The van der Waals surface area contributed by atoms with E-state index in [1.807, 2.05) is 24.3 Å². The topological polar surface area (TPSA) is 39.2 Å². The van der Waals surface area contributed by atoms with Gasteiger partial charge in [-0.1, -0.05) is 29.8 Å². The molecule has 0 fully saturated rings. The van der Waals surface area contributed by atoms with Gasteiger partial charge in [0, 0.05) is 17.3 Å². The van der Waals surface area contributed by atoms with Crippen LogP contribution in [0.15, 0.2) is 54.7 Å². The SMILES string of the molecule is O=C(C=Cc1cccc(Cl)c1)OCc1ccccn1. The number of pyridine rings is 1. The number of aromatic nitrogens is 1. The molecule has 96 valence electrons. The molecule has 0 amide bonds. The summed E-state index contributed by atoms with van der Waals surface area (Å²) in [6, 6.07) is 12.7. The summed E-state index contributed by atoms with van der Waals surface area (Å²) in [5.74, 6) is -0.411. The number of nitrogens with zero attached hydrogens (tertiary/aromatic N) is 1. The van der Waals surface area contributed by atoms with Gasteiger partial charge in [0.1, 0.15) is 6.61 Å². The molecule has 1 heterocycles. The first-order chi connectivity index (χ1) is 9.24. The number of benzene rings is 1. The fraction of sp³-hybridized carbons (Fsp3) is 0.0667. The highest BCUT2D eigenvalue weighted by Gasteiger charge is 1.99. The highest BCUT2D eigenvalue weighted by molar-refractivity contribution is 6.30. The number of halogens is 1. The molecule has 0 spiro atoms. The molecule has 19 heavy (non-hydrogen) atoms. The van der Waals surface area contributed by atoms with Gasteiger partial charge >= 0.3 is 5.97 Å². The summed E-state index contributed by atoms with van der Waals surface area (Å²) >= 11 is 5.84. The molecule has 0 aliphatic rings. The minimum absolute atomic E-state index is 0.166. The third-order valence-corrected chi connectivity index (χ3v) is 2.58. The Labute approximate surface area is 116 Å². The van der Waals surface area contributed by atoms with Crippen molar-refractivity contribution in [1.82, 2.24) is 4.98 Å². The van der Waals surface area contributed by atoms with E-state index in [0.29, 0.717) is 10.7 Å². The summed E-state index contributed by atoms with van der Waals surface area (Å²) in [6.45, 7) is 0.166. The van der Waals surface area contributed by atoms with Crippen molar-refractivity contribution in [2.75, 3.05) is 0 Å². The molecular weight excluding hydrogens is 262 g/mol. The number of ether oxygens (including phenoxy) is 1. The van der Waals surface area contributed by atoms with Crippen LogP contribution in [-0.2, 0) is 16.1 Å². The third-order valence-electron chi connectivity index (χ3n) is 2.35. The first-order valence-corrected chi connectivity index (χ1v) is 6.12. The number of carbonyl (C=O) groups is 1. The maximum Gasteiger partial charge on any atom is 0.331 e. The van der Waals surface area contributed by atoms with Crippen LogP contribution in [0.1, 0.15) is 11.3 Å². The van der Waals surface area contributed by atoms with E-state index in [1.54, 1.807) is 30.5 Å². The van der Waals surface area contributed by atoms with Gasteiger partial charge in [-0.15, -0.1) is 0 Å². The molecule has 0 bridgehead atoms. The number of hydrogen-bond donors (Lipinski definition) is 0. The smallest absolute Gasteiger partial charge is 0.331 e. The van der Waals surface area contributed by atoms with Crippen molar-refractivity contribution in [2.24, 2.45) is 0 Å². The van der Waals surface area contributed by atoms with Crippen molar-refractivity contribution in [2.45, 2.75) is 6.61 Å². The van der Waals surface area contributed by atoms with Crippen molar-refractivity contribution in [3.05, 3.63) is 71.0 Å². The van der Waals surface area contributed by atoms with E-state index < -0.39 is 5.97 Å². The predicted octanol–water partition coefficient (Wildman–Crippen LogP) is 3.49. The van der Waals surface area contributed by atoms with Crippen LogP contribution in [0.4, 0.5) is 0 Å². The highest BCUT2D eigenvalue weighted by atomic mass is 35.5. The summed E-state index contributed by atoms with van der Waals surface area (Å²) in [4.78, 5) is 15.6. The Balaban J connectivity index is 1.88. The number of rotatable bonds is 4. The fourth-order valence-corrected chi connectivity index (χ4v) is 1.65. The normalized spacial score (nSPS) is 10.6. The van der Waals surface area contributed by atoms with Crippen LogP contribution in [0.25, 0.3) is 6.08 Å². The van der Waals surface area contributed by atoms with Gasteiger partial charge in [0.15, 0.2) is 0 Å². The molecule has 0 saturated heterocycles. The first kappa shape index (κ1) is 13.3. The fourth-order valence-electron chi connectivity index (χ4n) is 1.45. The monoisotopic (exact) mass is 273 g/mol. The lowest BCUT2D eigenvalue weighted by Gasteiger charge is -2.00. The molecule has 1 aromatic heterocycles. The predicted molar refractivity (Wildman–Crippen MR) is 74.5 cm³/mol. The molecule has 0 radical (unpaired) electrons. The standard InChI is InChI=1S/C15H12ClNO2/c16-13-5-3-4-12(10-13)7-8-15(18)19-11-14-6-1-2-9-17-14/h1-10H,11H2. The van der Waals surface area contributed by atoms with Crippen molar-refractivity contribution in [3.63, 3.8) is 0 Å². The Bertz CT molecular complexity index is 582. The third kappa shape index (κ3) is 4.56. The zero-order valence-corrected chi connectivity index (χ0v) is 10.9. The van der Waals surface area contributed by atoms with E-state index in [1.165, 1.54) is 6.08 Å². The zero-order valence-electron chi connectivity index (χ0n) is 10.1.